The van der Waals surface area contributed by atoms with Gasteiger partial charge in [-0.05, 0) is 42.8 Å². The third-order valence-corrected chi connectivity index (χ3v) is 7.06. The summed E-state index contributed by atoms with van der Waals surface area (Å²) in [5.41, 5.74) is 3.60. The van der Waals surface area contributed by atoms with Crippen LogP contribution >= 0.6 is 0 Å². The van der Waals surface area contributed by atoms with Crippen LogP contribution in [0.25, 0.3) is 5.57 Å². The number of nitrogens with zero attached hydrogens (tertiary/aromatic N) is 1. The fraction of sp³-hybridized carbons (Fsp3) is 0.300. The molecular weight excluding hydrogens is 420 g/mol. The first-order chi connectivity index (χ1) is 16.6. The minimum absolute atomic E-state index is 0.100. The van der Waals surface area contributed by atoms with Crippen molar-refractivity contribution >= 4 is 11.5 Å². The van der Waals surface area contributed by atoms with Gasteiger partial charge in [-0.1, -0.05) is 97.1 Å². The van der Waals surface area contributed by atoms with Gasteiger partial charge in [0, 0.05) is 36.9 Å². The summed E-state index contributed by atoms with van der Waals surface area (Å²) in [6.07, 6.45) is 2.97. The highest BCUT2D eigenvalue weighted by molar-refractivity contribution is 5.83. The second-order valence-electron chi connectivity index (χ2n) is 9.26. The van der Waals surface area contributed by atoms with Crippen molar-refractivity contribution in [2.45, 2.75) is 18.9 Å². The number of rotatable bonds is 5. The fourth-order valence-corrected chi connectivity index (χ4v) is 5.67. The van der Waals surface area contributed by atoms with E-state index in [4.69, 9.17) is 0 Å². The molecule has 3 unspecified atom stereocenters. The Bertz CT molecular complexity index is 1100. The topological polar surface area (TPSA) is 55.4 Å². The van der Waals surface area contributed by atoms with Crippen molar-refractivity contribution in [3.05, 3.63) is 114 Å². The van der Waals surface area contributed by atoms with Crippen LogP contribution in [0, 0.1) is 11.3 Å². The second kappa shape index (κ2) is 10.8. The maximum absolute atomic E-state index is 13.0. The molecule has 1 saturated heterocycles. The van der Waals surface area contributed by atoms with Gasteiger partial charge in [0.05, 0.1) is 5.97 Å². The summed E-state index contributed by atoms with van der Waals surface area (Å²) in [6.45, 7) is 1.96. The Kier molecular flexibility index (Phi) is 7.61. The second-order valence-corrected chi connectivity index (χ2v) is 9.26. The predicted octanol–water partition coefficient (Wildman–Crippen LogP) is 3.96. The summed E-state index contributed by atoms with van der Waals surface area (Å²) in [5.74, 6) is -1.14. The first-order valence-electron chi connectivity index (χ1n) is 12.0. The van der Waals surface area contributed by atoms with Gasteiger partial charge >= 0.3 is 0 Å². The Morgan fingerprint density at radius 1 is 0.912 bits per heavy atom. The largest absolute Gasteiger partial charge is 0.549 e. The van der Waals surface area contributed by atoms with E-state index in [-0.39, 0.29) is 11.8 Å². The van der Waals surface area contributed by atoms with Gasteiger partial charge in [0.1, 0.15) is 0 Å². The summed E-state index contributed by atoms with van der Waals surface area (Å²) in [7, 11) is 3.75. The first kappa shape index (κ1) is 23.9. The normalized spacial score (nSPS) is 23.9. The molecule has 1 fully saturated rings. The lowest BCUT2D eigenvalue weighted by Gasteiger charge is -2.46. The number of hydrogen-bond acceptors (Lipinski definition) is 4. The van der Waals surface area contributed by atoms with Gasteiger partial charge in [-0.25, -0.2) is 0 Å². The van der Waals surface area contributed by atoms with Crippen molar-refractivity contribution in [2.75, 3.05) is 27.2 Å². The molecule has 4 heteroatoms. The number of benzene rings is 3. The van der Waals surface area contributed by atoms with Crippen LogP contribution in [0.4, 0.5) is 0 Å². The van der Waals surface area contributed by atoms with Crippen LogP contribution in [0.15, 0.2) is 97.1 Å². The van der Waals surface area contributed by atoms with Gasteiger partial charge in [0.15, 0.2) is 0 Å². The highest BCUT2D eigenvalue weighted by Crippen LogP contribution is 2.56. The summed E-state index contributed by atoms with van der Waals surface area (Å²) in [5, 5.41) is 15.7. The molecule has 5 rings (SSSR count). The van der Waals surface area contributed by atoms with Gasteiger partial charge in [-0.2, -0.15) is 0 Å². The number of carboxylic acids is 1. The number of carboxylic acid groups (broad SMARTS) is 1. The van der Waals surface area contributed by atoms with Crippen LogP contribution in [0.3, 0.4) is 0 Å². The van der Waals surface area contributed by atoms with Crippen molar-refractivity contribution < 1.29 is 9.90 Å². The average molecular weight is 454 g/mol. The van der Waals surface area contributed by atoms with E-state index in [1.54, 1.807) is 0 Å². The van der Waals surface area contributed by atoms with Crippen LogP contribution in [0.2, 0.25) is 0 Å². The Morgan fingerprint density at radius 3 is 2.06 bits per heavy atom. The summed E-state index contributed by atoms with van der Waals surface area (Å²) < 4.78 is 0. The molecule has 3 aromatic rings. The monoisotopic (exact) mass is 453 g/mol. The van der Waals surface area contributed by atoms with Crippen molar-refractivity contribution in [3.8, 4) is 0 Å². The zero-order chi connectivity index (χ0) is 24.0. The third kappa shape index (κ3) is 4.70. The maximum atomic E-state index is 13.0. The number of aliphatic carboxylic acids is 1. The maximum Gasteiger partial charge on any atom is 0.0501 e. The van der Waals surface area contributed by atoms with E-state index in [0.29, 0.717) is 19.5 Å². The minimum Gasteiger partial charge on any atom is -0.549 e. The molecule has 1 heterocycles. The lowest BCUT2D eigenvalue weighted by atomic mass is 9.59. The predicted molar refractivity (Wildman–Crippen MR) is 136 cm³/mol. The molecule has 176 valence electrons. The number of hydrogen-bond donors (Lipinski definition) is 1. The number of carbonyl (C=O) groups is 1. The van der Waals surface area contributed by atoms with E-state index in [2.05, 4.69) is 52.7 Å². The molecule has 0 bridgehead atoms. The number of likely N-dealkylation sites (tertiary alicyclic amines) is 1. The molecule has 0 spiro atoms. The van der Waals surface area contributed by atoms with Gasteiger partial charge in [0.25, 0.3) is 0 Å². The van der Waals surface area contributed by atoms with E-state index in [1.165, 1.54) is 5.56 Å². The molecule has 0 amide bonds. The highest BCUT2D eigenvalue weighted by atomic mass is 16.4. The molecule has 4 nitrogen and oxygen atoms in total. The molecule has 1 aliphatic carbocycles. The van der Waals surface area contributed by atoms with Crippen molar-refractivity contribution in [2.24, 2.45) is 11.3 Å². The van der Waals surface area contributed by atoms with E-state index >= 15 is 0 Å². The molecule has 0 saturated carbocycles. The smallest absolute Gasteiger partial charge is 0.0501 e. The molecule has 3 atom stereocenters. The van der Waals surface area contributed by atoms with Crippen molar-refractivity contribution in [3.63, 3.8) is 0 Å². The minimum atomic E-state index is -0.948. The fourth-order valence-electron chi connectivity index (χ4n) is 5.67. The van der Waals surface area contributed by atoms with Crippen molar-refractivity contribution in [1.29, 1.82) is 0 Å². The van der Waals surface area contributed by atoms with Crippen LogP contribution in [-0.4, -0.2) is 38.1 Å². The standard InChI is InChI=1S/C28H27NO2.C2H7N/c30-27(31)28-20-29(18-21-10-4-1-5-11-21)19-26(28)24(22-12-6-2-7-13-22)16-17-25(28)23-14-8-3-9-15-23;1-3-2/h1-16,25-26H,17-20H2,(H,30,31);3H,1-2H3/p-1. The zero-order valence-electron chi connectivity index (χ0n) is 20.0. The molecule has 0 aromatic heterocycles. The molecule has 3 aromatic carbocycles. The van der Waals surface area contributed by atoms with E-state index in [9.17, 15) is 9.90 Å². The van der Waals surface area contributed by atoms with E-state index in [0.717, 1.165) is 23.2 Å². The zero-order valence-corrected chi connectivity index (χ0v) is 20.0. The molecule has 34 heavy (non-hydrogen) atoms. The number of fused-ring (bicyclic) bond motifs is 1. The first-order valence-corrected chi connectivity index (χ1v) is 12.0. The van der Waals surface area contributed by atoms with Gasteiger partial charge in [-0.15, -0.1) is 0 Å². The summed E-state index contributed by atoms with van der Waals surface area (Å²) in [4.78, 5) is 15.3. The van der Waals surface area contributed by atoms with Gasteiger partial charge < -0.3 is 15.2 Å². The van der Waals surface area contributed by atoms with Gasteiger partial charge in [-0.3, -0.25) is 4.90 Å². The summed E-state index contributed by atoms with van der Waals surface area (Å²) >= 11 is 0. The number of nitrogens with one attached hydrogen (secondary N) is 1. The highest BCUT2D eigenvalue weighted by Gasteiger charge is 2.55. The van der Waals surface area contributed by atoms with E-state index in [1.807, 2.05) is 68.7 Å². The quantitative estimate of drug-likeness (QED) is 0.635. The number of carbonyl (C=O) groups excluding carboxylic acids is 1. The SMILES string of the molecule is CNC.O=C([O-])C12CN(Cc3ccccc3)CC1C(c1ccccc1)=CCC2c1ccccc1. The Labute approximate surface area is 202 Å². The lowest BCUT2D eigenvalue weighted by Crippen LogP contribution is -2.53. The lowest BCUT2D eigenvalue weighted by molar-refractivity contribution is -0.321. The Morgan fingerprint density at radius 2 is 1.47 bits per heavy atom. The Hall–Kier alpha value is -3.21. The molecule has 2 aliphatic rings. The molecule has 0 radical (unpaired) electrons. The third-order valence-electron chi connectivity index (χ3n) is 7.06. The van der Waals surface area contributed by atoms with E-state index < -0.39 is 11.4 Å². The molecule has 1 aliphatic heterocycles. The molecule has 1 N–H and O–H groups in total. The van der Waals surface area contributed by atoms with Gasteiger partial charge in [0.2, 0.25) is 0 Å². The van der Waals surface area contributed by atoms with Crippen LogP contribution in [-0.2, 0) is 11.3 Å². The number of allylic oxidation sites excluding steroid dienone is 1. The average Bonchev–Trinajstić information content (AvgIpc) is 3.26. The summed E-state index contributed by atoms with van der Waals surface area (Å²) in [6, 6.07) is 30.6. The van der Waals surface area contributed by atoms with Crippen molar-refractivity contribution in [1.82, 2.24) is 10.2 Å². The molecular formula is C30H33N2O2-. The van der Waals surface area contributed by atoms with Crippen LogP contribution < -0.4 is 10.4 Å². The van der Waals surface area contributed by atoms with Crippen LogP contribution in [0.1, 0.15) is 29.0 Å². The van der Waals surface area contributed by atoms with Crippen LogP contribution in [0.5, 0.6) is 0 Å². The Balaban J connectivity index is 0.000000868.